The summed E-state index contributed by atoms with van der Waals surface area (Å²) in [7, 11) is 0. The summed E-state index contributed by atoms with van der Waals surface area (Å²) in [5, 5.41) is 8.69. The van der Waals surface area contributed by atoms with E-state index in [1.165, 1.54) is 43.9 Å². The maximum Gasteiger partial charge on any atom is 0.328 e. The fourth-order valence-electron chi connectivity index (χ4n) is 3.73. The van der Waals surface area contributed by atoms with Crippen LogP contribution in [0.2, 0.25) is 0 Å². The minimum atomic E-state index is -0.917. The Morgan fingerprint density at radius 3 is 2.86 bits per heavy atom. The van der Waals surface area contributed by atoms with Crippen LogP contribution in [0.5, 0.6) is 0 Å². The number of rotatable bonds is 3. The Hall–Kier alpha value is -1.29. The van der Waals surface area contributed by atoms with Gasteiger partial charge in [-0.05, 0) is 64.9 Å². The SMILES string of the molecule is O=C(O)/C=C/c1ccc(N2CCC3CCCCC32)c(Br)c1. The van der Waals surface area contributed by atoms with Crippen LogP contribution >= 0.6 is 15.9 Å². The highest BCUT2D eigenvalue weighted by atomic mass is 79.9. The molecule has 1 aliphatic heterocycles. The number of carboxylic acids is 1. The Kier molecular flexibility index (Phi) is 4.34. The zero-order valence-corrected chi connectivity index (χ0v) is 13.6. The first kappa shape index (κ1) is 14.6. The van der Waals surface area contributed by atoms with Gasteiger partial charge in [0.1, 0.15) is 0 Å². The number of carboxylic acid groups (broad SMARTS) is 1. The molecular formula is C17H20BrNO2. The van der Waals surface area contributed by atoms with E-state index in [1.807, 2.05) is 12.1 Å². The largest absolute Gasteiger partial charge is 0.478 e. The number of anilines is 1. The molecule has 3 nitrogen and oxygen atoms in total. The molecule has 1 aromatic rings. The summed E-state index contributed by atoms with van der Waals surface area (Å²) >= 11 is 3.66. The first-order valence-electron chi connectivity index (χ1n) is 7.62. The van der Waals surface area contributed by atoms with Crippen molar-refractivity contribution in [3.63, 3.8) is 0 Å². The summed E-state index contributed by atoms with van der Waals surface area (Å²) in [5.74, 6) is -0.0583. The van der Waals surface area contributed by atoms with Gasteiger partial charge in [0.25, 0.3) is 0 Å². The van der Waals surface area contributed by atoms with E-state index >= 15 is 0 Å². The van der Waals surface area contributed by atoms with Crippen molar-refractivity contribution < 1.29 is 9.90 Å². The molecule has 2 fully saturated rings. The number of halogens is 1. The normalized spacial score (nSPS) is 25.3. The van der Waals surface area contributed by atoms with Gasteiger partial charge < -0.3 is 10.0 Å². The molecule has 0 amide bonds. The highest BCUT2D eigenvalue weighted by molar-refractivity contribution is 9.10. The average molecular weight is 350 g/mol. The molecule has 21 heavy (non-hydrogen) atoms. The lowest BCUT2D eigenvalue weighted by Gasteiger charge is -2.33. The maximum atomic E-state index is 10.6. The molecule has 0 aromatic heterocycles. The van der Waals surface area contributed by atoms with Crippen molar-refractivity contribution >= 4 is 33.7 Å². The Morgan fingerprint density at radius 1 is 1.29 bits per heavy atom. The maximum absolute atomic E-state index is 10.6. The number of hydrogen-bond acceptors (Lipinski definition) is 2. The zero-order valence-electron chi connectivity index (χ0n) is 12.0. The van der Waals surface area contributed by atoms with Crippen LogP contribution in [0.4, 0.5) is 5.69 Å². The summed E-state index contributed by atoms with van der Waals surface area (Å²) in [4.78, 5) is 13.1. The van der Waals surface area contributed by atoms with Gasteiger partial charge in [0.2, 0.25) is 0 Å². The molecule has 0 spiro atoms. The van der Waals surface area contributed by atoms with Crippen molar-refractivity contribution in [3.05, 3.63) is 34.3 Å². The van der Waals surface area contributed by atoms with E-state index in [1.54, 1.807) is 6.08 Å². The van der Waals surface area contributed by atoms with Crippen LogP contribution in [0.15, 0.2) is 28.7 Å². The van der Waals surface area contributed by atoms with Crippen LogP contribution in [0.3, 0.4) is 0 Å². The summed E-state index contributed by atoms with van der Waals surface area (Å²) in [6.07, 6.45) is 9.51. The fourth-order valence-corrected chi connectivity index (χ4v) is 4.36. The number of aliphatic carboxylic acids is 1. The highest BCUT2D eigenvalue weighted by Gasteiger charge is 2.36. The second-order valence-corrected chi connectivity index (χ2v) is 6.83. The molecule has 1 aromatic carbocycles. The minimum absolute atomic E-state index is 0.690. The van der Waals surface area contributed by atoms with Gasteiger partial charge in [-0.1, -0.05) is 18.9 Å². The molecule has 2 atom stereocenters. The lowest BCUT2D eigenvalue weighted by atomic mass is 9.85. The molecule has 0 bridgehead atoms. The summed E-state index contributed by atoms with van der Waals surface area (Å²) in [6.45, 7) is 1.14. The number of fused-ring (bicyclic) bond motifs is 1. The molecule has 2 aliphatic rings. The van der Waals surface area contributed by atoms with E-state index in [0.717, 1.165) is 22.5 Å². The average Bonchev–Trinajstić information content (AvgIpc) is 2.89. The molecule has 1 N–H and O–H groups in total. The van der Waals surface area contributed by atoms with Crippen LogP contribution in [-0.4, -0.2) is 23.7 Å². The minimum Gasteiger partial charge on any atom is -0.478 e. The van der Waals surface area contributed by atoms with Crippen molar-refractivity contribution in [2.45, 2.75) is 38.1 Å². The molecule has 112 valence electrons. The summed E-state index contributed by atoms with van der Waals surface area (Å²) in [6, 6.07) is 6.80. The third-order valence-electron chi connectivity index (χ3n) is 4.71. The quantitative estimate of drug-likeness (QED) is 0.826. The first-order chi connectivity index (χ1) is 10.1. The van der Waals surface area contributed by atoms with E-state index in [9.17, 15) is 4.79 Å². The smallest absolute Gasteiger partial charge is 0.328 e. The van der Waals surface area contributed by atoms with E-state index in [-0.39, 0.29) is 0 Å². The zero-order chi connectivity index (χ0) is 14.8. The van der Waals surface area contributed by atoms with E-state index in [0.29, 0.717) is 6.04 Å². The van der Waals surface area contributed by atoms with E-state index in [2.05, 4.69) is 26.9 Å². The Labute approximate surface area is 133 Å². The van der Waals surface area contributed by atoms with Crippen LogP contribution in [0.1, 0.15) is 37.7 Å². The van der Waals surface area contributed by atoms with Crippen molar-refractivity contribution in [2.75, 3.05) is 11.4 Å². The highest BCUT2D eigenvalue weighted by Crippen LogP contribution is 2.41. The fraction of sp³-hybridized carbons (Fsp3) is 0.471. The predicted octanol–water partition coefficient (Wildman–Crippen LogP) is 4.32. The van der Waals surface area contributed by atoms with Crippen molar-refractivity contribution in [1.29, 1.82) is 0 Å². The van der Waals surface area contributed by atoms with Crippen LogP contribution in [0, 0.1) is 5.92 Å². The molecule has 4 heteroatoms. The molecule has 2 unspecified atom stereocenters. The number of benzene rings is 1. The van der Waals surface area contributed by atoms with Crippen LogP contribution in [0.25, 0.3) is 6.08 Å². The molecule has 0 radical (unpaired) electrons. The molecule has 1 saturated carbocycles. The lowest BCUT2D eigenvalue weighted by Crippen LogP contribution is -2.34. The molecule has 1 saturated heterocycles. The predicted molar refractivity (Wildman–Crippen MR) is 88.5 cm³/mol. The van der Waals surface area contributed by atoms with Gasteiger partial charge in [-0.15, -0.1) is 0 Å². The summed E-state index contributed by atoms with van der Waals surface area (Å²) < 4.78 is 1.06. The molecule has 3 rings (SSSR count). The Morgan fingerprint density at radius 2 is 2.10 bits per heavy atom. The molecule has 1 aliphatic carbocycles. The van der Waals surface area contributed by atoms with Gasteiger partial charge in [0.05, 0.1) is 5.69 Å². The van der Waals surface area contributed by atoms with E-state index < -0.39 is 5.97 Å². The molecule has 1 heterocycles. The summed E-state index contributed by atoms with van der Waals surface area (Å²) in [5.41, 5.74) is 2.16. The van der Waals surface area contributed by atoms with Gasteiger partial charge >= 0.3 is 5.97 Å². The lowest BCUT2D eigenvalue weighted by molar-refractivity contribution is -0.131. The number of carbonyl (C=O) groups is 1. The second-order valence-electron chi connectivity index (χ2n) is 5.98. The molecular weight excluding hydrogens is 330 g/mol. The van der Waals surface area contributed by atoms with Gasteiger partial charge in [0, 0.05) is 23.1 Å². The Bertz CT molecular complexity index is 570. The number of hydrogen-bond donors (Lipinski definition) is 1. The van der Waals surface area contributed by atoms with Gasteiger partial charge in [-0.3, -0.25) is 0 Å². The van der Waals surface area contributed by atoms with Crippen molar-refractivity contribution in [2.24, 2.45) is 5.92 Å². The third kappa shape index (κ3) is 3.15. The van der Waals surface area contributed by atoms with Crippen molar-refractivity contribution in [1.82, 2.24) is 0 Å². The van der Waals surface area contributed by atoms with Crippen LogP contribution < -0.4 is 4.90 Å². The third-order valence-corrected chi connectivity index (χ3v) is 5.34. The Balaban J connectivity index is 1.81. The second kappa shape index (κ2) is 6.22. The van der Waals surface area contributed by atoms with Crippen molar-refractivity contribution in [3.8, 4) is 0 Å². The van der Waals surface area contributed by atoms with Gasteiger partial charge in [-0.25, -0.2) is 4.79 Å². The van der Waals surface area contributed by atoms with Gasteiger partial charge in [-0.2, -0.15) is 0 Å². The first-order valence-corrected chi connectivity index (χ1v) is 8.41. The van der Waals surface area contributed by atoms with Crippen LogP contribution in [-0.2, 0) is 4.79 Å². The topological polar surface area (TPSA) is 40.5 Å². The standard InChI is InChI=1S/C17H20BrNO2/c18-14-11-12(6-8-17(20)21)5-7-16(14)19-10-9-13-3-1-2-4-15(13)19/h5-8,11,13,15H,1-4,9-10H2,(H,20,21)/b8-6+. The van der Waals surface area contributed by atoms with Gasteiger partial charge in [0.15, 0.2) is 0 Å². The number of nitrogens with zero attached hydrogens (tertiary/aromatic N) is 1. The van der Waals surface area contributed by atoms with E-state index in [4.69, 9.17) is 5.11 Å². The monoisotopic (exact) mass is 349 g/mol.